The van der Waals surface area contributed by atoms with E-state index >= 15 is 0 Å². The van der Waals surface area contributed by atoms with E-state index < -0.39 is 0 Å². The summed E-state index contributed by atoms with van der Waals surface area (Å²) in [6.45, 7) is 10.1. The molecule has 0 N–H and O–H groups in total. The maximum atomic E-state index is 4.43. The second-order valence-electron chi connectivity index (χ2n) is 5.52. The minimum absolute atomic E-state index is 0.716. The van der Waals surface area contributed by atoms with Crippen molar-refractivity contribution in [3.05, 3.63) is 78.8 Å². The van der Waals surface area contributed by atoms with Crippen LogP contribution >= 0.6 is 0 Å². The van der Waals surface area contributed by atoms with Crippen molar-refractivity contribution in [2.75, 3.05) is 20.1 Å². The van der Waals surface area contributed by atoms with Crippen molar-refractivity contribution in [3.63, 3.8) is 0 Å². The van der Waals surface area contributed by atoms with E-state index in [4.69, 9.17) is 0 Å². The van der Waals surface area contributed by atoms with E-state index in [2.05, 4.69) is 38.6 Å². The zero-order valence-electron chi connectivity index (χ0n) is 15.5. The molecular weight excluding hydrogens is 308 g/mol. The molecule has 4 nitrogen and oxygen atoms in total. The van der Waals surface area contributed by atoms with Gasteiger partial charge in [-0.2, -0.15) is 0 Å². The highest BCUT2D eigenvalue weighted by Crippen LogP contribution is 2.03. The molecule has 0 saturated heterocycles. The summed E-state index contributed by atoms with van der Waals surface area (Å²) in [4.78, 5) is 15.1. The van der Waals surface area contributed by atoms with E-state index in [1.807, 2.05) is 56.6 Å². The Kier molecular flexibility index (Phi) is 10.5. The number of hydrogen-bond donors (Lipinski definition) is 0. The monoisotopic (exact) mass is 336 g/mol. The number of aliphatic imine (C=N–C) groups is 2. The van der Waals surface area contributed by atoms with Crippen LogP contribution in [0.1, 0.15) is 19.5 Å². The molecule has 4 heteroatoms. The molecule has 0 spiro atoms. The molecule has 0 atom stereocenters. The van der Waals surface area contributed by atoms with Crippen LogP contribution in [0.2, 0.25) is 0 Å². The van der Waals surface area contributed by atoms with Gasteiger partial charge in [-0.25, -0.2) is 0 Å². The molecule has 1 aromatic rings. The van der Waals surface area contributed by atoms with Gasteiger partial charge < -0.3 is 0 Å². The first kappa shape index (κ1) is 20.5. The zero-order valence-corrected chi connectivity index (χ0v) is 15.5. The van der Waals surface area contributed by atoms with E-state index in [0.717, 1.165) is 30.1 Å². The van der Waals surface area contributed by atoms with Gasteiger partial charge in [0.15, 0.2) is 0 Å². The maximum absolute atomic E-state index is 4.43. The number of allylic oxidation sites excluding steroid dienone is 4. The van der Waals surface area contributed by atoms with Gasteiger partial charge in [0.25, 0.3) is 0 Å². The normalized spacial score (nSPS) is 13.6. The highest BCUT2D eigenvalue weighted by molar-refractivity contribution is 5.96. The van der Waals surface area contributed by atoms with E-state index in [-0.39, 0.29) is 0 Å². The number of nitrogens with zero attached hydrogens (tertiary/aromatic N) is 4. The summed E-state index contributed by atoms with van der Waals surface area (Å²) in [7, 11) is 1.77. The molecule has 1 rings (SSSR count). The fraction of sp³-hybridized carbons (Fsp3) is 0.286. The fourth-order valence-electron chi connectivity index (χ4n) is 2.14. The first-order chi connectivity index (χ1) is 12.2. The van der Waals surface area contributed by atoms with Gasteiger partial charge in [-0.05, 0) is 37.6 Å². The van der Waals surface area contributed by atoms with Crippen molar-refractivity contribution >= 4 is 11.9 Å². The van der Waals surface area contributed by atoms with Crippen LogP contribution in [-0.4, -0.2) is 41.9 Å². The highest BCUT2D eigenvalue weighted by atomic mass is 15.1. The van der Waals surface area contributed by atoms with Crippen molar-refractivity contribution in [1.82, 2.24) is 9.88 Å². The van der Waals surface area contributed by atoms with Gasteiger partial charge >= 0.3 is 0 Å². The lowest BCUT2D eigenvalue weighted by Crippen LogP contribution is -2.29. The second kappa shape index (κ2) is 12.8. The number of rotatable bonds is 10. The SMILES string of the molecule is C=C/C(CN(C/C=C/C=C(C)\C=N/C)Cc1ccccn1)=N\C=C/C. The third kappa shape index (κ3) is 9.33. The quantitative estimate of drug-likeness (QED) is 0.473. The molecular formula is C21H28N4. The van der Waals surface area contributed by atoms with Gasteiger partial charge in [0.05, 0.1) is 11.4 Å². The standard InChI is InChI=1S/C21H28N4/c1-5-13-23-20(6-2)17-25(18-21-12-7-9-14-24-21)15-10-8-11-19(3)16-22-4/h5-14,16H,2,15,17-18H2,1,3-4H3/b10-8+,13-5-,19-11-,22-16-,23-20+. The van der Waals surface area contributed by atoms with Crippen LogP contribution in [0.15, 0.2) is 83.1 Å². The summed E-state index contributed by atoms with van der Waals surface area (Å²) in [5, 5.41) is 0. The molecule has 0 radical (unpaired) electrons. The molecule has 0 unspecified atom stereocenters. The fourth-order valence-corrected chi connectivity index (χ4v) is 2.14. The second-order valence-corrected chi connectivity index (χ2v) is 5.52. The molecule has 0 aliphatic heterocycles. The van der Waals surface area contributed by atoms with Crippen LogP contribution in [0.4, 0.5) is 0 Å². The van der Waals surface area contributed by atoms with Crippen LogP contribution in [-0.2, 0) is 6.54 Å². The van der Waals surface area contributed by atoms with Crippen LogP contribution in [0.3, 0.4) is 0 Å². The third-order valence-electron chi connectivity index (χ3n) is 3.31. The summed E-state index contributed by atoms with van der Waals surface area (Å²) in [6.07, 6.45) is 15.4. The lowest BCUT2D eigenvalue weighted by atomic mass is 10.2. The summed E-state index contributed by atoms with van der Waals surface area (Å²) in [5.74, 6) is 0. The van der Waals surface area contributed by atoms with Gasteiger partial charge in [0.2, 0.25) is 0 Å². The van der Waals surface area contributed by atoms with E-state index in [0.29, 0.717) is 6.54 Å². The molecule has 0 aliphatic rings. The summed E-state index contributed by atoms with van der Waals surface area (Å²) >= 11 is 0. The lowest BCUT2D eigenvalue weighted by molar-refractivity contribution is 0.333. The minimum atomic E-state index is 0.716. The molecule has 1 heterocycles. The molecule has 0 aliphatic carbocycles. The first-order valence-electron chi connectivity index (χ1n) is 8.37. The van der Waals surface area contributed by atoms with Crippen LogP contribution < -0.4 is 0 Å². The summed E-state index contributed by atoms with van der Waals surface area (Å²) in [6, 6.07) is 5.98. The Morgan fingerprint density at radius 1 is 1.36 bits per heavy atom. The topological polar surface area (TPSA) is 40.9 Å². The molecule has 132 valence electrons. The smallest absolute Gasteiger partial charge is 0.0544 e. The van der Waals surface area contributed by atoms with Crippen LogP contribution in [0.25, 0.3) is 0 Å². The van der Waals surface area contributed by atoms with E-state index in [1.165, 1.54) is 0 Å². The Morgan fingerprint density at radius 2 is 2.20 bits per heavy atom. The van der Waals surface area contributed by atoms with E-state index in [1.54, 1.807) is 19.3 Å². The van der Waals surface area contributed by atoms with Crippen molar-refractivity contribution in [2.45, 2.75) is 20.4 Å². The Balaban J connectivity index is 2.81. The van der Waals surface area contributed by atoms with Gasteiger partial charge in [-0.15, -0.1) is 0 Å². The van der Waals surface area contributed by atoms with Gasteiger partial charge in [-0.1, -0.05) is 36.9 Å². The van der Waals surface area contributed by atoms with Crippen molar-refractivity contribution in [3.8, 4) is 0 Å². The van der Waals surface area contributed by atoms with Crippen molar-refractivity contribution in [1.29, 1.82) is 0 Å². The number of pyridine rings is 1. The molecule has 25 heavy (non-hydrogen) atoms. The molecule has 0 fully saturated rings. The largest absolute Gasteiger partial charge is 0.296 e. The van der Waals surface area contributed by atoms with Gasteiger partial charge in [0.1, 0.15) is 0 Å². The Labute approximate surface area is 151 Å². The van der Waals surface area contributed by atoms with E-state index in [9.17, 15) is 0 Å². The predicted octanol–water partition coefficient (Wildman–Crippen LogP) is 4.25. The third-order valence-corrected chi connectivity index (χ3v) is 3.31. The van der Waals surface area contributed by atoms with Gasteiger partial charge in [0, 0.05) is 45.3 Å². The molecule has 0 amide bonds. The van der Waals surface area contributed by atoms with Crippen molar-refractivity contribution in [2.24, 2.45) is 9.98 Å². The number of aromatic nitrogens is 1. The predicted molar refractivity (Wildman–Crippen MR) is 109 cm³/mol. The summed E-state index contributed by atoms with van der Waals surface area (Å²) in [5.41, 5.74) is 3.10. The Bertz CT molecular complexity index is 652. The Morgan fingerprint density at radius 3 is 2.84 bits per heavy atom. The minimum Gasteiger partial charge on any atom is -0.296 e. The average Bonchev–Trinajstić information content (AvgIpc) is 2.63. The van der Waals surface area contributed by atoms with Crippen LogP contribution in [0.5, 0.6) is 0 Å². The molecule has 0 aromatic carbocycles. The van der Waals surface area contributed by atoms with Crippen LogP contribution in [0, 0.1) is 0 Å². The first-order valence-corrected chi connectivity index (χ1v) is 8.37. The Hall–Kier alpha value is -2.59. The lowest BCUT2D eigenvalue weighted by Gasteiger charge is -2.20. The van der Waals surface area contributed by atoms with Crippen molar-refractivity contribution < 1.29 is 0 Å². The molecule has 1 aromatic heterocycles. The van der Waals surface area contributed by atoms with Gasteiger partial charge in [-0.3, -0.25) is 19.9 Å². The summed E-state index contributed by atoms with van der Waals surface area (Å²) < 4.78 is 0. The molecule has 0 saturated carbocycles. The maximum Gasteiger partial charge on any atom is 0.0544 e. The molecule has 0 bridgehead atoms. The highest BCUT2D eigenvalue weighted by Gasteiger charge is 2.07. The average molecular weight is 336 g/mol. The zero-order chi connectivity index (χ0) is 18.3. The number of hydrogen-bond acceptors (Lipinski definition) is 4.